The summed E-state index contributed by atoms with van der Waals surface area (Å²) >= 11 is 0. The van der Waals surface area contributed by atoms with E-state index < -0.39 is 5.60 Å². The van der Waals surface area contributed by atoms with Gasteiger partial charge in [-0.15, -0.1) is 0 Å². The van der Waals surface area contributed by atoms with Crippen molar-refractivity contribution < 1.29 is 14.3 Å². The highest BCUT2D eigenvalue weighted by molar-refractivity contribution is 5.87. The minimum atomic E-state index is -0.468. The molecule has 1 heterocycles. The van der Waals surface area contributed by atoms with Gasteiger partial charge in [-0.2, -0.15) is 0 Å². The number of ether oxygens (including phenoxy) is 2. The first-order valence-corrected chi connectivity index (χ1v) is 7.61. The zero-order valence-electron chi connectivity index (χ0n) is 13.9. The number of nitrogens with zero attached hydrogens (tertiary/aromatic N) is 2. The van der Waals surface area contributed by atoms with Crippen molar-refractivity contribution in [3.8, 4) is 0 Å². The summed E-state index contributed by atoms with van der Waals surface area (Å²) in [5, 5.41) is 3.22. The lowest BCUT2D eigenvalue weighted by molar-refractivity contribution is 0.0276. The van der Waals surface area contributed by atoms with Gasteiger partial charge >= 0.3 is 6.09 Å². The highest BCUT2D eigenvalue weighted by atomic mass is 16.6. The lowest BCUT2D eigenvalue weighted by Crippen LogP contribution is -2.47. The summed E-state index contributed by atoms with van der Waals surface area (Å²) in [5.74, 6) is 1.36. The largest absolute Gasteiger partial charge is 0.444 e. The summed E-state index contributed by atoms with van der Waals surface area (Å²) in [5.41, 5.74) is -0.468. The Morgan fingerprint density at radius 3 is 2.76 bits per heavy atom. The molecule has 0 aliphatic carbocycles. The van der Waals surface area contributed by atoms with Gasteiger partial charge < -0.3 is 14.8 Å². The number of rotatable bonds is 5. The van der Waals surface area contributed by atoms with Crippen LogP contribution in [0.4, 0.5) is 4.79 Å². The molecule has 0 atom stereocenters. The van der Waals surface area contributed by atoms with Gasteiger partial charge in [-0.05, 0) is 26.7 Å². The summed E-state index contributed by atoms with van der Waals surface area (Å²) in [7, 11) is 0. The summed E-state index contributed by atoms with van der Waals surface area (Å²) in [4.78, 5) is 18.1. The Kier molecular flexibility index (Phi) is 6.95. The van der Waals surface area contributed by atoms with E-state index in [-0.39, 0.29) is 6.09 Å². The standard InChI is InChI=1S/C15H29N3O3/c1-12(2)11-20-9-7-17-13-10-18(8-6-16-13)14(19)21-15(3,4)5/h12H,6-11H2,1-5H3,(H,16,17). The molecule has 0 aromatic heterocycles. The smallest absolute Gasteiger partial charge is 0.410 e. The SMILES string of the molecule is CC(C)COCCNC1=NCCN(C(=O)OC(C)(C)C)C1. The average molecular weight is 299 g/mol. The van der Waals surface area contributed by atoms with Crippen molar-refractivity contribution in [2.24, 2.45) is 10.9 Å². The van der Waals surface area contributed by atoms with Gasteiger partial charge in [0.1, 0.15) is 11.4 Å². The predicted octanol–water partition coefficient (Wildman–Crippen LogP) is 1.90. The van der Waals surface area contributed by atoms with Crippen molar-refractivity contribution in [1.29, 1.82) is 0 Å². The first kappa shape index (κ1) is 17.8. The third-order valence-corrected chi connectivity index (χ3v) is 2.69. The highest BCUT2D eigenvalue weighted by Gasteiger charge is 2.24. The van der Waals surface area contributed by atoms with E-state index >= 15 is 0 Å². The van der Waals surface area contributed by atoms with Crippen LogP contribution >= 0.6 is 0 Å². The fraction of sp³-hybridized carbons (Fsp3) is 0.867. The van der Waals surface area contributed by atoms with Gasteiger partial charge in [-0.25, -0.2) is 4.79 Å². The fourth-order valence-corrected chi connectivity index (χ4v) is 1.80. The van der Waals surface area contributed by atoms with Crippen molar-refractivity contribution >= 4 is 11.9 Å². The number of hydrogen-bond donors (Lipinski definition) is 1. The molecular formula is C15H29N3O3. The minimum Gasteiger partial charge on any atom is -0.444 e. The summed E-state index contributed by atoms with van der Waals surface area (Å²) in [6.07, 6.45) is -0.284. The molecule has 0 spiro atoms. The normalized spacial score (nSPS) is 15.9. The molecule has 0 saturated carbocycles. The Labute approximate surface area is 127 Å². The van der Waals surface area contributed by atoms with E-state index in [0.717, 1.165) is 12.4 Å². The second kappa shape index (κ2) is 8.22. The van der Waals surface area contributed by atoms with Gasteiger partial charge in [0.2, 0.25) is 0 Å². The quantitative estimate of drug-likeness (QED) is 0.788. The maximum Gasteiger partial charge on any atom is 0.410 e. The van der Waals surface area contributed by atoms with Crippen LogP contribution in [0, 0.1) is 5.92 Å². The predicted molar refractivity (Wildman–Crippen MR) is 83.8 cm³/mol. The molecule has 6 nitrogen and oxygen atoms in total. The molecule has 6 heteroatoms. The molecule has 0 fully saturated rings. The lowest BCUT2D eigenvalue weighted by atomic mass is 10.2. The van der Waals surface area contributed by atoms with Crippen molar-refractivity contribution in [2.75, 3.05) is 39.4 Å². The van der Waals surface area contributed by atoms with E-state index in [1.807, 2.05) is 20.8 Å². The monoisotopic (exact) mass is 299 g/mol. The topological polar surface area (TPSA) is 63.2 Å². The first-order valence-electron chi connectivity index (χ1n) is 7.61. The van der Waals surface area contributed by atoms with Crippen LogP contribution in [0.5, 0.6) is 0 Å². The number of aliphatic imine (C=N–C) groups is 1. The van der Waals surface area contributed by atoms with Gasteiger partial charge in [0.25, 0.3) is 0 Å². The molecule has 0 aromatic carbocycles. The van der Waals surface area contributed by atoms with Crippen LogP contribution in [-0.2, 0) is 9.47 Å². The molecule has 0 unspecified atom stereocenters. The zero-order valence-corrected chi connectivity index (χ0v) is 13.9. The van der Waals surface area contributed by atoms with Gasteiger partial charge in [0.15, 0.2) is 0 Å². The van der Waals surface area contributed by atoms with Gasteiger partial charge in [0.05, 0.1) is 19.7 Å². The maximum absolute atomic E-state index is 12.0. The number of hydrogen-bond acceptors (Lipinski definition) is 5. The Balaban J connectivity index is 2.28. The summed E-state index contributed by atoms with van der Waals surface area (Å²) in [6, 6.07) is 0. The molecule has 1 amide bonds. The third kappa shape index (κ3) is 7.90. The van der Waals surface area contributed by atoms with E-state index in [9.17, 15) is 4.79 Å². The van der Waals surface area contributed by atoms with E-state index in [0.29, 0.717) is 38.7 Å². The number of nitrogens with one attached hydrogen (secondary N) is 1. The number of carbonyl (C=O) groups excluding carboxylic acids is 1. The number of amidine groups is 1. The molecule has 0 aromatic rings. The third-order valence-electron chi connectivity index (χ3n) is 2.69. The van der Waals surface area contributed by atoms with Crippen LogP contribution in [0.1, 0.15) is 34.6 Å². The molecule has 0 saturated heterocycles. The van der Waals surface area contributed by atoms with Crippen molar-refractivity contribution in [3.63, 3.8) is 0 Å². The molecular weight excluding hydrogens is 270 g/mol. The lowest BCUT2D eigenvalue weighted by Gasteiger charge is -2.29. The first-order chi connectivity index (χ1) is 9.78. The van der Waals surface area contributed by atoms with E-state index in [2.05, 4.69) is 24.2 Å². The van der Waals surface area contributed by atoms with Crippen LogP contribution < -0.4 is 5.32 Å². The molecule has 1 N–H and O–H groups in total. The molecule has 1 aliphatic rings. The van der Waals surface area contributed by atoms with E-state index in [1.165, 1.54) is 0 Å². The fourth-order valence-electron chi connectivity index (χ4n) is 1.80. The highest BCUT2D eigenvalue weighted by Crippen LogP contribution is 2.10. The molecule has 0 bridgehead atoms. The minimum absolute atomic E-state index is 0.284. The van der Waals surface area contributed by atoms with Gasteiger partial charge in [-0.3, -0.25) is 9.89 Å². The van der Waals surface area contributed by atoms with E-state index in [4.69, 9.17) is 9.47 Å². The molecule has 122 valence electrons. The summed E-state index contributed by atoms with van der Waals surface area (Å²) in [6.45, 7) is 13.6. The number of amides is 1. The molecule has 1 aliphatic heterocycles. The molecule has 0 radical (unpaired) electrons. The van der Waals surface area contributed by atoms with Gasteiger partial charge in [-0.1, -0.05) is 13.8 Å². The Morgan fingerprint density at radius 2 is 2.14 bits per heavy atom. The van der Waals surface area contributed by atoms with Crippen LogP contribution in [0.25, 0.3) is 0 Å². The van der Waals surface area contributed by atoms with Crippen LogP contribution in [0.3, 0.4) is 0 Å². The van der Waals surface area contributed by atoms with Crippen molar-refractivity contribution in [2.45, 2.75) is 40.2 Å². The number of carbonyl (C=O) groups is 1. The van der Waals surface area contributed by atoms with Crippen molar-refractivity contribution in [3.05, 3.63) is 0 Å². The Hall–Kier alpha value is -1.30. The Bertz CT molecular complexity index is 362. The summed E-state index contributed by atoms with van der Waals surface area (Å²) < 4.78 is 10.9. The second-order valence-electron chi connectivity index (χ2n) is 6.63. The zero-order chi connectivity index (χ0) is 15.9. The van der Waals surface area contributed by atoms with Crippen LogP contribution in [-0.4, -0.2) is 61.8 Å². The van der Waals surface area contributed by atoms with Crippen molar-refractivity contribution in [1.82, 2.24) is 10.2 Å². The second-order valence-corrected chi connectivity index (χ2v) is 6.63. The van der Waals surface area contributed by atoms with Crippen LogP contribution in [0.2, 0.25) is 0 Å². The van der Waals surface area contributed by atoms with E-state index in [1.54, 1.807) is 4.90 Å². The average Bonchev–Trinajstić information content (AvgIpc) is 2.36. The molecule has 21 heavy (non-hydrogen) atoms. The molecule has 1 rings (SSSR count). The van der Waals surface area contributed by atoms with Crippen LogP contribution in [0.15, 0.2) is 4.99 Å². The van der Waals surface area contributed by atoms with Gasteiger partial charge in [0, 0.05) is 19.7 Å². The Morgan fingerprint density at radius 1 is 1.43 bits per heavy atom. The maximum atomic E-state index is 12.0.